The van der Waals surface area contributed by atoms with Crippen molar-refractivity contribution in [2.75, 3.05) is 26.7 Å². The zero-order valence-corrected chi connectivity index (χ0v) is 12.4. The van der Waals surface area contributed by atoms with Crippen LogP contribution in [-0.4, -0.2) is 43.5 Å². The van der Waals surface area contributed by atoms with Gasteiger partial charge < -0.3 is 9.15 Å². The van der Waals surface area contributed by atoms with Gasteiger partial charge in [-0.2, -0.15) is 0 Å². The zero-order chi connectivity index (χ0) is 14.7. The summed E-state index contributed by atoms with van der Waals surface area (Å²) in [6.07, 6.45) is 3.71. The van der Waals surface area contributed by atoms with Crippen LogP contribution in [0, 0.1) is 0 Å². The molecule has 0 aliphatic carbocycles. The number of ether oxygens (including phenoxy) is 1. The summed E-state index contributed by atoms with van der Waals surface area (Å²) in [5.74, 6) is 0.456. The van der Waals surface area contributed by atoms with Crippen LogP contribution in [0.25, 0.3) is 11.0 Å². The predicted molar refractivity (Wildman–Crippen MR) is 81.6 cm³/mol. The SMILES string of the molecule is CN(CC(=O)c1cc2ccccc2o1)CC1CCCCO1. The molecule has 0 saturated carbocycles. The maximum atomic E-state index is 12.3. The first-order valence-corrected chi connectivity index (χ1v) is 7.54. The summed E-state index contributed by atoms with van der Waals surface area (Å²) in [4.78, 5) is 14.3. The molecule has 1 fully saturated rings. The Kier molecular flexibility index (Phi) is 4.36. The molecule has 4 nitrogen and oxygen atoms in total. The minimum Gasteiger partial charge on any atom is -0.453 e. The first-order chi connectivity index (χ1) is 10.2. The van der Waals surface area contributed by atoms with Gasteiger partial charge in [0, 0.05) is 18.5 Å². The summed E-state index contributed by atoms with van der Waals surface area (Å²) >= 11 is 0. The van der Waals surface area contributed by atoms with Crippen molar-refractivity contribution in [1.82, 2.24) is 4.90 Å². The van der Waals surface area contributed by atoms with E-state index < -0.39 is 0 Å². The van der Waals surface area contributed by atoms with Gasteiger partial charge >= 0.3 is 0 Å². The van der Waals surface area contributed by atoms with Crippen molar-refractivity contribution in [3.8, 4) is 0 Å². The van der Waals surface area contributed by atoms with E-state index in [-0.39, 0.29) is 11.9 Å². The van der Waals surface area contributed by atoms with Crippen molar-refractivity contribution >= 4 is 16.8 Å². The Morgan fingerprint density at radius 2 is 2.19 bits per heavy atom. The van der Waals surface area contributed by atoms with Crippen molar-refractivity contribution in [2.24, 2.45) is 0 Å². The van der Waals surface area contributed by atoms with Crippen molar-refractivity contribution in [2.45, 2.75) is 25.4 Å². The highest BCUT2D eigenvalue weighted by Crippen LogP contribution is 2.19. The van der Waals surface area contributed by atoms with Crippen molar-refractivity contribution in [3.05, 3.63) is 36.1 Å². The molecule has 0 amide bonds. The third kappa shape index (κ3) is 3.52. The molecule has 2 heterocycles. The van der Waals surface area contributed by atoms with Crippen LogP contribution in [0.15, 0.2) is 34.7 Å². The summed E-state index contributed by atoms with van der Waals surface area (Å²) in [7, 11) is 1.96. The maximum Gasteiger partial charge on any atom is 0.211 e. The highest BCUT2D eigenvalue weighted by Gasteiger charge is 2.19. The van der Waals surface area contributed by atoms with E-state index in [4.69, 9.17) is 9.15 Å². The van der Waals surface area contributed by atoms with E-state index in [0.717, 1.165) is 37.0 Å². The number of Topliss-reactive ketones (excluding diaryl/α,β-unsaturated/α-hetero) is 1. The summed E-state index contributed by atoms with van der Waals surface area (Å²) in [5, 5.41) is 0.971. The predicted octanol–water partition coefficient (Wildman–Crippen LogP) is 3.12. The van der Waals surface area contributed by atoms with E-state index in [9.17, 15) is 4.79 Å². The lowest BCUT2D eigenvalue weighted by Gasteiger charge is -2.26. The van der Waals surface area contributed by atoms with Crippen molar-refractivity contribution < 1.29 is 13.9 Å². The summed E-state index contributed by atoms with van der Waals surface area (Å²) in [6.45, 7) is 2.00. The number of hydrogen-bond acceptors (Lipinski definition) is 4. The third-order valence-electron chi connectivity index (χ3n) is 3.90. The topological polar surface area (TPSA) is 42.7 Å². The number of nitrogens with zero attached hydrogens (tertiary/aromatic N) is 1. The number of rotatable bonds is 5. The number of fused-ring (bicyclic) bond motifs is 1. The average Bonchev–Trinajstić information content (AvgIpc) is 2.92. The van der Waals surface area contributed by atoms with Gasteiger partial charge in [0.2, 0.25) is 5.78 Å². The van der Waals surface area contributed by atoms with Crippen LogP contribution in [0.5, 0.6) is 0 Å². The monoisotopic (exact) mass is 287 g/mol. The minimum atomic E-state index is 0.0181. The molecule has 1 atom stereocenters. The summed E-state index contributed by atoms with van der Waals surface area (Å²) < 4.78 is 11.3. The molecule has 0 radical (unpaired) electrons. The van der Waals surface area contributed by atoms with E-state index >= 15 is 0 Å². The summed E-state index contributed by atoms with van der Waals surface area (Å²) in [6, 6.07) is 9.51. The maximum absolute atomic E-state index is 12.3. The number of furan rings is 1. The van der Waals surface area contributed by atoms with Crippen LogP contribution in [0.2, 0.25) is 0 Å². The number of para-hydroxylation sites is 1. The number of carbonyl (C=O) groups excluding carboxylic acids is 1. The molecule has 3 rings (SSSR count). The Bertz CT molecular complexity index is 580. The highest BCUT2D eigenvalue weighted by molar-refractivity contribution is 5.98. The lowest BCUT2D eigenvalue weighted by Crippen LogP contribution is -2.36. The third-order valence-corrected chi connectivity index (χ3v) is 3.90. The minimum absolute atomic E-state index is 0.0181. The Morgan fingerprint density at radius 3 is 2.95 bits per heavy atom. The number of benzene rings is 1. The molecule has 0 N–H and O–H groups in total. The van der Waals surface area contributed by atoms with Gasteiger partial charge in [-0.25, -0.2) is 0 Å². The number of likely N-dealkylation sites (N-methyl/N-ethyl adjacent to an activating group) is 1. The number of hydrogen-bond donors (Lipinski definition) is 0. The largest absolute Gasteiger partial charge is 0.453 e. The highest BCUT2D eigenvalue weighted by atomic mass is 16.5. The molecule has 4 heteroatoms. The Labute approximate surface area is 124 Å². The molecule has 0 spiro atoms. The van der Waals surface area contributed by atoms with E-state index in [1.54, 1.807) is 0 Å². The smallest absolute Gasteiger partial charge is 0.211 e. The molecular weight excluding hydrogens is 266 g/mol. The fourth-order valence-corrected chi connectivity index (χ4v) is 2.81. The molecule has 21 heavy (non-hydrogen) atoms. The average molecular weight is 287 g/mol. The molecule has 1 unspecified atom stereocenters. The fourth-order valence-electron chi connectivity index (χ4n) is 2.81. The van der Waals surface area contributed by atoms with E-state index in [1.165, 1.54) is 6.42 Å². The Hall–Kier alpha value is -1.65. The van der Waals surface area contributed by atoms with Crippen LogP contribution in [0.1, 0.15) is 29.8 Å². The lowest BCUT2D eigenvalue weighted by molar-refractivity contribution is -0.000770. The van der Waals surface area contributed by atoms with E-state index in [2.05, 4.69) is 0 Å². The van der Waals surface area contributed by atoms with Crippen molar-refractivity contribution in [1.29, 1.82) is 0 Å². The van der Waals surface area contributed by atoms with Crippen LogP contribution in [0.3, 0.4) is 0 Å². The van der Waals surface area contributed by atoms with Gasteiger partial charge in [-0.1, -0.05) is 18.2 Å². The molecular formula is C17H21NO3. The first kappa shape index (κ1) is 14.3. The Morgan fingerprint density at radius 1 is 1.33 bits per heavy atom. The van der Waals surface area contributed by atoms with Crippen LogP contribution in [-0.2, 0) is 4.74 Å². The van der Waals surface area contributed by atoms with Crippen LogP contribution >= 0.6 is 0 Å². The molecule has 1 aliphatic rings. The first-order valence-electron chi connectivity index (χ1n) is 7.54. The van der Waals surface area contributed by atoms with Gasteiger partial charge in [0.05, 0.1) is 12.6 Å². The molecule has 0 bridgehead atoms. The number of carbonyl (C=O) groups is 1. The molecule has 1 aromatic carbocycles. The molecule has 1 saturated heterocycles. The van der Waals surface area contributed by atoms with Gasteiger partial charge in [-0.05, 0) is 38.4 Å². The van der Waals surface area contributed by atoms with Gasteiger partial charge in [0.25, 0.3) is 0 Å². The molecule has 112 valence electrons. The normalized spacial score (nSPS) is 19.2. The van der Waals surface area contributed by atoms with Gasteiger partial charge in [-0.15, -0.1) is 0 Å². The van der Waals surface area contributed by atoms with E-state index in [0.29, 0.717) is 12.3 Å². The van der Waals surface area contributed by atoms with Crippen LogP contribution < -0.4 is 0 Å². The summed E-state index contributed by atoms with van der Waals surface area (Å²) in [5.41, 5.74) is 0.763. The van der Waals surface area contributed by atoms with Crippen molar-refractivity contribution in [3.63, 3.8) is 0 Å². The quantitative estimate of drug-likeness (QED) is 0.792. The van der Waals surface area contributed by atoms with Crippen LogP contribution in [0.4, 0.5) is 0 Å². The zero-order valence-electron chi connectivity index (χ0n) is 12.4. The molecule has 1 aromatic heterocycles. The van der Waals surface area contributed by atoms with Gasteiger partial charge in [0.15, 0.2) is 5.76 Å². The van der Waals surface area contributed by atoms with Gasteiger partial charge in [0.1, 0.15) is 5.58 Å². The second kappa shape index (κ2) is 6.41. The van der Waals surface area contributed by atoms with Gasteiger partial charge in [-0.3, -0.25) is 9.69 Å². The lowest BCUT2D eigenvalue weighted by atomic mass is 10.1. The fraction of sp³-hybridized carbons (Fsp3) is 0.471. The second-order valence-corrected chi connectivity index (χ2v) is 5.76. The standard InChI is InChI=1S/C17H21NO3/c1-18(11-14-7-4-5-9-20-14)12-15(19)17-10-13-6-2-3-8-16(13)21-17/h2-3,6,8,10,14H,4-5,7,9,11-12H2,1H3. The van der Waals surface area contributed by atoms with E-state index in [1.807, 2.05) is 42.3 Å². The second-order valence-electron chi connectivity index (χ2n) is 5.76. The molecule has 2 aromatic rings. The Balaban J connectivity index is 1.59. The number of ketones is 1. The molecule has 1 aliphatic heterocycles.